The molecule has 0 spiro atoms. The Labute approximate surface area is 660 Å². The van der Waals surface area contributed by atoms with E-state index in [0.29, 0.717) is 13.2 Å². The van der Waals surface area contributed by atoms with Crippen molar-refractivity contribution in [1.82, 2.24) is 0 Å². The molecule has 16 aromatic rings. The summed E-state index contributed by atoms with van der Waals surface area (Å²) in [6.07, 6.45) is 20.8. The van der Waals surface area contributed by atoms with Gasteiger partial charge in [0.15, 0.2) is 17.3 Å². The van der Waals surface area contributed by atoms with Gasteiger partial charge in [-0.25, -0.2) is 0 Å². The molecule has 3 aromatic carbocycles. The highest BCUT2D eigenvalue weighted by molar-refractivity contribution is 7.33. The standard InChI is InChI=1S/C86H84O5S13/c1-12-16-18-20-22-24-26-52-56-37-67(99-78(56)53(27-25-23-21-19-17-13-2)57-38-71(101-79(52)57)80-60-40-64(46(8)87)96-77(60)49(11)93-80)63-29-28-50(94-63)34-68-81-61(41-65(97-81)47(9)88)83(102-68)70-36-55-45(7)75-54(44(6)76(55)100-70)33-51(95-75)35-69-82-62(42-66(98-82)48(10)89)84(103-69)72-39-59-74(91-31-15-4)85-58(32-43(5)92-85)73(86(59)104-72)90-30-14-3/h28-29,32-33,36-42H,12-27,30-31,34-35H2,1-11H3. The minimum atomic E-state index is 0.100. The average Bonchev–Trinajstić information content (AvgIpc) is 1.58. The van der Waals surface area contributed by atoms with Crippen molar-refractivity contribution in [1.29, 1.82) is 0 Å². The van der Waals surface area contributed by atoms with Crippen LogP contribution in [0.3, 0.4) is 0 Å². The van der Waals surface area contributed by atoms with Crippen molar-refractivity contribution >= 4 is 256 Å². The highest BCUT2D eigenvalue weighted by Gasteiger charge is 2.29. The summed E-state index contributed by atoms with van der Waals surface area (Å²) >= 11 is 24.0. The van der Waals surface area contributed by atoms with Crippen molar-refractivity contribution in [3.8, 4) is 50.5 Å². The first kappa shape index (κ1) is 72.9. The monoisotopic (exact) mass is 1610 g/mol. The zero-order valence-electron chi connectivity index (χ0n) is 60.8. The summed E-state index contributed by atoms with van der Waals surface area (Å²) in [5.74, 6) is 2.27. The van der Waals surface area contributed by atoms with Crippen LogP contribution in [0.25, 0.3) is 130 Å². The molecule has 0 saturated heterocycles. The van der Waals surface area contributed by atoms with Gasteiger partial charge < -0.3 is 9.47 Å². The predicted molar refractivity (Wildman–Crippen MR) is 471 cm³/mol. The normalized spacial score (nSPS) is 12.3. The lowest BCUT2D eigenvalue weighted by molar-refractivity contribution is 0.101. The van der Waals surface area contributed by atoms with E-state index in [-0.39, 0.29) is 17.3 Å². The Morgan fingerprint density at radius 1 is 0.327 bits per heavy atom. The molecule has 0 radical (unpaired) electrons. The summed E-state index contributed by atoms with van der Waals surface area (Å²) in [6, 6.07) is 25.9. The average molecular weight is 1610 g/mol. The molecule has 0 atom stereocenters. The van der Waals surface area contributed by atoms with Crippen molar-refractivity contribution in [2.75, 3.05) is 13.2 Å². The summed E-state index contributed by atoms with van der Waals surface area (Å²) < 4.78 is 24.9. The van der Waals surface area contributed by atoms with Gasteiger partial charge in [0.05, 0.1) is 51.9 Å². The number of aryl methyl sites for hydroxylation is 6. The first-order valence-corrected chi connectivity index (χ1v) is 47.6. The number of carbonyl (C=O) groups is 3. The topological polar surface area (TPSA) is 69.7 Å². The second-order valence-electron chi connectivity index (χ2n) is 28.1. The lowest BCUT2D eigenvalue weighted by atomic mass is 9.94. The molecule has 0 aliphatic rings. The van der Waals surface area contributed by atoms with Crippen LogP contribution in [0.5, 0.6) is 11.5 Å². The van der Waals surface area contributed by atoms with E-state index in [2.05, 4.69) is 122 Å². The van der Waals surface area contributed by atoms with E-state index in [0.717, 1.165) is 90.2 Å². The molecule has 104 heavy (non-hydrogen) atoms. The van der Waals surface area contributed by atoms with Crippen LogP contribution in [0.1, 0.15) is 219 Å². The fourth-order valence-electron chi connectivity index (χ4n) is 15.1. The van der Waals surface area contributed by atoms with Gasteiger partial charge in [0.25, 0.3) is 0 Å². The first-order chi connectivity index (χ1) is 50.5. The van der Waals surface area contributed by atoms with E-state index in [1.165, 1.54) is 233 Å². The molecule has 536 valence electrons. The second-order valence-corrected chi connectivity index (χ2v) is 42.5. The molecular weight excluding hydrogens is 1530 g/mol. The van der Waals surface area contributed by atoms with Crippen LogP contribution in [0.2, 0.25) is 0 Å². The lowest BCUT2D eigenvalue weighted by Gasteiger charge is -2.12. The van der Waals surface area contributed by atoms with Crippen LogP contribution in [0.15, 0.2) is 66.7 Å². The minimum absolute atomic E-state index is 0.100. The van der Waals surface area contributed by atoms with Gasteiger partial charge in [0.1, 0.15) is 11.5 Å². The van der Waals surface area contributed by atoms with Crippen molar-refractivity contribution in [2.24, 2.45) is 0 Å². The molecule has 0 bridgehead atoms. The molecule has 0 saturated carbocycles. The van der Waals surface area contributed by atoms with Crippen LogP contribution >= 0.6 is 147 Å². The van der Waals surface area contributed by atoms with Crippen molar-refractivity contribution in [3.05, 3.63) is 133 Å². The maximum atomic E-state index is 13.3. The fourth-order valence-corrected chi connectivity index (χ4v) is 31.3. The van der Waals surface area contributed by atoms with E-state index in [4.69, 9.17) is 9.47 Å². The molecule has 0 amide bonds. The number of rotatable bonds is 31. The van der Waals surface area contributed by atoms with Crippen LogP contribution in [-0.2, 0) is 25.7 Å². The Morgan fingerprint density at radius 2 is 0.760 bits per heavy atom. The molecule has 13 heterocycles. The summed E-state index contributed by atoms with van der Waals surface area (Å²) in [5.41, 5.74) is 5.69. The van der Waals surface area contributed by atoms with E-state index >= 15 is 0 Å². The van der Waals surface area contributed by atoms with E-state index in [1.807, 2.05) is 90.7 Å². The molecule has 0 fully saturated rings. The lowest BCUT2D eigenvalue weighted by Crippen LogP contribution is -1.98. The number of thiophene rings is 13. The van der Waals surface area contributed by atoms with Crippen LogP contribution in [0.4, 0.5) is 0 Å². The molecule has 0 unspecified atom stereocenters. The maximum Gasteiger partial charge on any atom is 0.169 e. The number of fused-ring (bicyclic) bond motifs is 9. The van der Waals surface area contributed by atoms with E-state index in [1.54, 1.807) is 77.5 Å². The van der Waals surface area contributed by atoms with Gasteiger partial charge in [-0.3, -0.25) is 14.4 Å². The Kier molecular flexibility index (Phi) is 21.5. The zero-order chi connectivity index (χ0) is 71.9. The third-order valence-electron chi connectivity index (χ3n) is 20.4. The summed E-state index contributed by atoms with van der Waals surface area (Å²) in [6.45, 7) is 24.4. The highest BCUT2D eigenvalue weighted by Crippen LogP contribution is 2.57. The van der Waals surface area contributed by atoms with Crippen molar-refractivity contribution in [2.45, 2.75) is 192 Å². The quantitative estimate of drug-likeness (QED) is 0.0320. The largest absolute Gasteiger partial charge is 0.491 e. The van der Waals surface area contributed by atoms with E-state index < -0.39 is 0 Å². The van der Waals surface area contributed by atoms with Crippen LogP contribution < -0.4 is 9.47 Å². The van der Waals surface area contributed by atoms with Crippen LogP contribution in [-0.4, -0.2) is 30.6 Å². The molecule has 16 rings (SSSR count). The molecule has 5 nitrogen and oxygen atoms in total. The Morgan fingerprint density at radius 3 is 1.32 bits per heavy atom. The number of unbranched alkanes of at least 4 members (excludes halogenated alkanes) is 10. The minimum Gasteiger partial charge on any atom is -0.491 e. The third-order valence-corrected chi connectivity index (χ3v) is 37.1. The number of ether oxygens (including phenoxy) is 2. The summed E-state index contributed by atoms with van der Waals surface area (Å²) in [5, 5.41) is 11.4. The van der Waals surface area contributed by atoms with Gasteiger partial charge >= 0.3 is 0 Å². The Balaban J connectivity index is 0.723. The zero-order valence-corrected chi connectivity index (χ0v) is 71.5. The number of carbonyl (C=O) groups excluding carboxylic acids is 3. The fraction of sp³-hybridized carbons (Fsp3) is 0.360. The van der Waals surface area contributed by atoms with Crippen molar-refractivity contribution < 1.29 is 23.9 Å². The number of hydrogen-bond donors (Lipinski definition) is 0. The van der Waals surface area contributed by atoms with Gasteiger partial charge in [0.2, 0.25) is 0 Å². The summed E-state index contributed by atoms with van der Waals surface area (Å²) in [4.78, 5) is 59.8. The Bertz CT molecular complexity index is 5810. The number of Topliss-reactive ketones (excluding diaryl/α,β-unsaturated/α-hetero) is 3. The maximum absolute atomic E-state index is 13.3. The molecule has 0 aliphatic heterocycles. The third kappa shape index (κ3) is 13.5. The highest BCUT2D eigenvalue weighted by atomic mass is 32.1. The first-order valence-electron chi connectivity index (χ1n) is 37.0. The molecule has 0 N–H and O–H groups in total. The van der Waals surface area contributed by atoms with Crippen molar-refractivity contribution in [3.63, 3.8) is 0 Å². The van der Waals surface area contributed by atoms with Gasteiger partial charge in [-0.05, 0) is 198 Å². The van der Waals surface area contributed by atoms with Gasteiger partial charge in [-0.15, -0.1) is 147 Å². The van der Waals surface area contributed by atoms with E-state index in [9.17, 15) is 14.4 Å². The Hall–Kier alpha value is -5.29. The molecular formula is C86H84O5S13. The van der Waals surface area contributed by atoms with Crippen LogP contribution in [0, 0.1) is 27.7 Å². The predicted octanol–water partition coefficient (Wildman–Crippen LogP) is 31.9. The summed E-state index contributed by atoms with van der Waals surface area (Å²) in [7, 11) is 0. The molecule has 0 aliphatic carbocycles. The number of ketones is 3. The van der Waals surface area contributed by atoms with Gasteiger partial charge in [-0.1, -0.05) is 91.9 Å². The van der Waals surface area contributed by atoms with Gasteiger partial charge in [-0.2, -0.15) is 0 Å². The molecule has 18 heteroatoms. The van der Waals surface area contributed by atoms with Gasteiger partial charge in [0, 0.05) is 126 Å². The molecule has 13 aromatic heterocycles. The SMILES string of the molecule is CCCCCCCCc1c2cc(-c3sc(C)c4sc(C(C)=O)cc34)sc2c(CCCCCCCC)c2cc(-c3ccc(Cc4sc(-c5cc6c(C)c7sc(Cc8sc(-c9cc%10c(OCCC)c%11sc(C)cc%11c(OCCC)c%10s9)c9cc(C(C)=O)sc89)cc7c(C)c6s5)c5cc(C(C)=O)sc45)s3)sc12. The second kappa shape index (κ2) is 30.6. The number of benzene rings is 3. The smallest absolute Gasteiger partial charge is 0.169 e. The number of hydrogen-bond acceptors (Lipinski definition) is 18.